The monoisotopic (exact) mass is 426 g/mol. The molecule has 2 rings (SSSR count). The third-order valence-corrected chi connectivity index (χ3v) is 5.14. The Balaban J connectivity index is 0.000000291. The first kappa shape index (κ1) is 26.6. The highest BCUT2D eigenvalue weighted by Crippen LogP contribution is 2.32. The van der Waals surface area contributed by atoms with Crippen LogP contribution in [-0.2, 0) is 9.47 Å². The summed E-state index contributed by atoms with van der Waals surface area (Å²) in [6, 6.07) is 0. The van der Waals surface area contributed by atoms with Crippen LogP contribution in [0.15, 0.2) is 0 Å². The van der Waals surface area contributed by atoms with Gasteiger partial charge in [0, 0.05) is 0 Å². The summed E-state index contributed by atoms with van der Waals surface area (Å²) in [6.45, 7) is 9.09. The lowest BCUT2D eigenvalue weighted by atomic mass is 9.80. The van der Waals surface area contributed by atoms with E-state index < -0.39 is 61.2 Å². The van der Waals surface area contributed by atoms with E-state index in [1.165, 1.54) is 0 Å². The van der Waals surface area contributed by atoms with E-state index in [1.807, 2.05) is 34.6 Å². The van der Waals surface area contributed by atoms with Gasteiger partial charge in [-0.05, 0) is 17.8 Å². The molecular weight excluding hydrogens is 388 g/mol. The van der Waals surface area contributed by atoms with Crippen molar-refractivity contribution in [3.05, 3.63) is 0 Å². The van der Waals surface area contributed by atoms with E-state index in [9.17, 15) is 35.7 Å². The van der Waals surface area contributed by atoms with Crippen LogP contribution >= 0.6 is 0 Å². The molecule has 0 radical (unpaired) electrons. The maximum atomic E-state index is 9.74. The van der Waals surface area contributed by atoms with Crippen molar-refractivity contribution in [3.63, 3.8) is 0 Å². The highest BCUT2D eigenvalue weighted by molar-refractivity contribution is 4.96. The number of rotatable bonds is 3. The van der Waals surface area contributed by atoms with Crippen LogP contribution in [0.4, 0.5) is 0 Å². The fraction of sp³-hybridized carbons (Fsp3) is 1.00. The second-order valence-corrected chi connectivity index (χ2v) is 9.28. The fourth-order valence-corrected chi connectivity index (χ4v) is 3.41. The summed E-state index contributed by atoms with van der Waals surface area (Å²) in [5.74, 6) is 0.282. The highest BCUT2D eigenvalue weighted by atomic mass is 16.6. The van der Waals surface area contributed by atoms with Gasteiger partial charge in [0.15, 0.2) is 6.29 Å². The SMILES string of the molecule is CC(C)(C)C1OC(CO)C(O)C(O)C1O.CC(C)CC1OC(O)C(O)C(O)C1O. The standard InChI is InChI=1S/C10H20O5.C9H18O5/c1-10(2,3)9-8(14)7(13)6(12)5(4-11)15-9;1-4(2)3-5-6(10)7(11)8(12)9(13)14-5/h5-9,11-14H,4H2,1-3H3;4-13H,3H2,1-2H3. The van der Waals surface area contributed by atoms with Gasteiger partial charge in [-0.25, -0.2) is 0 Å². The van der Waals surface area contributed by atoms with Crippen LogP contribution in [0.1, 0.15) is 41.0 Å². The summed E-state index contributed by atoms with van der Waals surface area (Å²) < 4.78 is 10.4. The maximum absolute atomic E-state index is 9.74. The van der Waals surface area contributed by atoms with Gasteiger partial charge in [-0.2, -0.15) is 0 Å². The Labute approximate surface area is 171 Å². The van der Waals surface area contributed by atoms with Crippen molar-refractivity contribution in [1.82, 2.24) is 0 Å². The molecule has 0 saturated carbocycles. The largest absolute Gasteiger partial charge is 0.394 e. The first-order valence-electron chi connectivity index (χ1n) is 9.90. The molecule has 29 heavy (non-hydrogen) atoms. The van der Waals surface area contributed by atoms with Gasteiger partial charge in [0.05, 0.1) is 18.8 Å². The predicted molar refractivity (Wildman–Crippen MR) is 102 cm³/mol. The number of hydrogen-bond donors (Lipinski definition) is 8. The van der Waals surface area contributed by atoms with Gasteiger partial charge in [-0.3, -0.25) is 0 Å². The molecule has 10 atom stereocenters. The summed E-state index contributed by atoms with van der Waals surface area (Å²) in [5, 5.41) is 75.1. The quantitative estimate of drug-likeness (QED) is 0.245. The van der Waals surface area contributed by atoms with Gasteiger partial charge >= 0.3 is 0 Å². The summed E-state index contributed by atoms with van der Waals surface area (Å²) in [4.78, 5) is 0. The van der Waals surface area contributed by atoms with E-state index in [1.54, 1.807) is 0 Å². The minimum absolute atomic E-state index is 0.282. The lowest BCUT2D eigenvalue weighted by molar-refractivity contribution is -0.283. The van der Waals surface area contributed by atoms with Crippen molar-refractivity contribution in [1.29, 1.82) is 0 Å². The molecule has 8 N–H and O–H groups in total. The minimum atomic E-state index is -1.44. The fourth-order valence-electron chi connectivity index (χ4n) is 3.41. The Morgan fingerprint density at radius 2 is 1.17 bits per heavy atom. The molecule has 2 heterocycles. The lowest BCUT2D eigenvalue weighted by Crippen LogP contribution is -2.61. The Morgan fingerprint density at radius 1 is 0.690 bits per heavy atom. The molecule has 0 amide bonds. The molecular formula is C19H38O10. The van der Waals surface area contributed by atoms with E-state index in [4.69, 9.17) is 14.6 Å². The molecule has 174 valence electrons. The Kier molecular flexibility index (Phi) is 9.88. The molecule has 2 aliphatic heterocycles. The van der Waals surface area contributed by atoms with Crippen LogP contribution in [-0.4, -0.2) is 109 Å². The second-order valence-electron chi connectivity index (χ2n) is 9.28. The van der Waals surface area contributed by atoms with Crippen molar-refractivity contribution in [2.75, 3.05) is 6.61 Å². The van der Waals surface area contributed by atoms with Crippen molar-refractivity contribution < 1.29 is 50.3 Å². The van der Waals surface area contributed by atoms with Crippen molar-refractivity contribution >= 4 is 0 Å². The average Bonchev–Trinajstić information content (AvgIpc) is 2.62. The molecule has 0 aromatic carbocycles. The molecule has 0 bridgehead atoms. The van der Waals surface area contributed by atoms with E-state index in [0.717, 1.165) is 0 Å². The van der Waals surface area contributed by atoms with Gasteiger partial charge in [0.2, 0.25) is 0 Å². The summed E-state index contributed by atoms with van der Waals surface area (Å²) in [5.41, 5.74) is -0.367. The molecule has 10 heteroatoms. The third kappa shape index (κ3) is 6.79. The second kappa shape index (κ2) is 10.8. The molecule has 10 unspecified atom stereocenters. The summed E-state index contributed by atoms with van der Waals surface area (Å²) in [6.07, 6.45) is -10.5. The average molecular weight is 427 g/mol. The number of ether oxygens (including phenoxy) is 2. The van der Waals surface area contributed by atoms with Gasteiger partial charge in [-0.1, -0.05) is 34.6 Å². The number of aliphatic hydroxyl groups excluding tert-OH is 8. The molecule has 0 aromatic rings. The summed E-state index contributed by atoms with van der Waals surface area (Å²) >= 11 is 0. The first-order valence-corrected chi connectivity index (χ1v) is 9.90. The van der Waals surface area contributed by atoms with E-state index in [0.29, 0.717) is 6.42 Å². The van der Waals surface area contributed by atoms with Crippen LogP contribution in [0, 0.1) is 11.3 Å². The normalized spacial score (nSPS) is 43.7. The van der Waals surface area contributed by atoms with Crippen LogP contribution in [0.5, 0.6) is 0 Å². The van der Waals surface area contributed by atoms with Crippen molar-refractivity contribution in [2.24, 2.45) is 11.3 Å². The van der Waals surface area contributed by atoms with Gasteiger partial charge in [-0.15, -0.1) is 0 Å². The van der Waals surface area contributed by atoms with Gasteiger partial charge < -0.3 is 50.3 Å². The van der Waals surface area contributed by atoms with Crippen molar-refractivity contribution in [2.45, 2.75) is 102 Å². The van der Waals surface area contributed by atoms with Crippen LogP contribution in [0.3, 0.4) is 0 Å². The Bertz CT molecular complexity index is 480. The topological polar surface area (TPSA) is 180 Å². The molecule has 10 nitrogen and oxygen atoms in total. The molecule has 2 aliphatic rings. The highest BCUT2D eigenvalue weighted by Gasteiger charge is 2.47. The molecule has 0 aromatic heterocycles. The maximum Gasteiger partial charge on any atom is 0.183 e. The van der Waals surface area contributed by atoms with Crippen LogP contribution < -0.4 is 0 Å². The molecule has 2 saturated heterocycles. The van der Waals surface area contributed by atoms with Gasteiger partial charge in [0.1, 0.15) is 42.7 Å². The lowest BCUT2D eigenvalue weighted by Gasteiger charge is -2.45. The third-order valence-electron chi connectivity index (χ3n) is 5.14. The van der Waals surface area contributed by atoms with Gasteiger partial charge in [0.25, 0.3) is 0 Å². The van der Waals surface area contributed by atoms with Crippen LogP contribution in [0.25, 0.3) is 0 Å². The Morgan fingerprint density at radius 3 is 1.62 bits per heavy atom. The first-order chi connectivity index (χ1) is 13.2. The minimum Gasteiger partial charge on any atom is -0.394 e. The van der Waals surface area contributed by atoms with E-state index in [-0.39, 0.29) is 17.9 Å². The number of aliphatic hydroxyl groups is 8. The summed E-state index contributed by atoms with van der Waals surface area (Å²) in [7, 11) is 0. The van der Waals surface area contributed by atoms with E-state index >= 15 is 0 Å². The zero-order valence-electron chi connectivity index (χ0n) is 17.7. The molecule has 2 fully saturated rings. The number of hydrogen-bond acceptors (Lipinski definition) is 10. The zero-order chi connectivity index (χ0) is 22.7. The Hall–Kier alpha value is -0.400. The smallest absolute Gasteiger partial charge is 0.183 e. The van der Waals surface area contributed by atoms with Crippen LogP contribution in [0.2, 0.25) is 0 Å². The van der Waals surface area contributed by atoms with E-state index in [2.05, 4.69) is 0 Å². The molecule has 0 spiro atoms. The molecule has 0 aliphatic carbocycles. The predicted octanol–water partition coefficient (Wildman–Crippen LogP) is -2.29. The zero-order valence-corrected chi connectivity index (χ0v) is 17.7. The van der Waals surface area contributed by atoms with Crippen molar-refractivity contribution in [3.8, 4) is 0 Å².